The second-order valence-electron chi connectivity index (χ2n) is 5.13. The third-order valence-corrected chi connectivity index (χ3v) is 3.16. The number of anilines is 2. The summed E-state index contributed by atoms with van der Waals surface area (Å²) in [5.41, 5.74) is -0.343. The number of H-pyrrole nitrogens is 1. The van der Waals surface area contributed by atoms with Crippen LogP contribution in [-0.4, -0.2) is 30.1 Å². The Morgan fingerprint density at radius 1 is 1.04 bits per heavy atom. The number of nitrogens with zero attached hydrogens (tertiary/aromatic N) is 4. The first-order chi connectivity index (χ1) is 12.3. The molecule has 0 amide bonds. The van der Waals surface area contributed by atoms with Crippen LogP contribution in [0.1, 0.15) is 17.1 Å². The maximum Gasteiger partial charge on any atom is 0.417 e. The minimum Gasteiger partial charge on any atom is -0.307 e. The van der Waals surface area contributed by atoms with Crippen molar-refractivity contribution in [2.24, 2.45) is 0 Å². The van der Waals surface area contributed by atoms with E-state index in [0.717, 1.165) is 6.07 Å². The number of nitrogens with one attached hydrogen (secondary N) is 2. The molecule has 0 atom stereocenters. The van der Waals surface area contributed by atoms with Gasteiger partial charge in [-0.05, 0) is 24.8 Å². The molecule has 0 saturated carbocycles. The van der Waals surface area contributed by atoms with Gasteiger partial charge in [0.25, 0.3) is 0 Å². The van der Waals surface area contributed by atoms with Gasteiger partial charge in [-0.2, -0.15) is 18.2 Å². The summed E-state index contributed by atoms with van der Waals surface area (Å²) >= 11 is 2.15. The van der Waals surface area contributed by atoms with Gasteiger partial charge in [0.05, 0.1) is 5.56 Å². The first kappa shape index (κ1) is 20.1. The molecule has 2 N–H and O–H groups in total. The standard InChI is InChI=1S/C15H13F3N6.CH3I/c1-8-7-12(22-14-20-9(2)23-24-14)21-13(19-8)10-5-3-4-6-11(10)15(16,17)18;1-2/h3-7H,1-2H3,(H2,19,20,21,22,23,24);1H3. The van der Waals surface area contributed by atoms with E-state index >= 15 is 0 Å². The predicted octanol–water partition coefficient (Wildman–Crippen LogP) is 4.69. The summed E-state index contributed by atoms with van der Waals surface area (Å²) in [5, 5.41) is 9.42. The molecule has 10 heteroatoms. The number of aromatic nitrogens is 5. The molecule has 0 aliphatic carbocycles. The summed E-state index contributed by atoms with van der Waals surface area (Å²) in [4.78, 5) is 14.3. The van der Waals surface area contributed by atoms with Crippen molar-refractivity contribution in [1.29, 1.82) is 0 Å². The van der Waals surface area contributed by atoms with E-state index < -0.39 is 11.7 Å². The molecule has 0 aliphatic heterocycles. The maximum absolute atomic E-state index is 13.2. The van der Waals surface area contributed by atoms with Crippen LogP contribution >= 0.6 is 22.6 Å². The molecule has 138 valence electrons. The molecule has 3 aromatic rings. The largest absolute Gasteiger partial charge is 0.417 e. The first-order valence-corrected chi connectivity index (χ1v) is 9.55. The summed E-state index contributed by atoms with van der Waals surface area (Å²) in [6, 6.07) is 6.80. The van der Waals surface area contributed by atoms with Crippen molar-refractivity contribution in [3.8, 4) is 11.4 Å². The molecule has 0 fully saturated rings. The molecule has 0 unspecified atom stereocenters. The average molecular weight is 476 g/mol. The maximum atomic E-state index is 13.2. The van der Waals surface area contributed by atoms with Crippen LogP contribution in [-0.2, 0) is 6.18 Å². The molecular weight excluding hydrogens is 460 g/mol. The van der Waals surface area contributed by atoms with Crippen molar-refractivity contribution in [3.05, 3.63) is 47.4 Å². The fourth-order valence-electron chi connectivity index (χ4n) is 2.19. The van der Waals surface area contributed by atoms with Gasteiger partial charge in [0.2, 0.25) is 5.95 Å². The van der Waals surface area contributed by atoms with E-state index in [2.05, 4.69) is 53.1 Å². The molecule has 0 saturated heterocycles. The van der Waals surface area contributed by atoms with Gasteiger partial charge >= 0.3 is 6.18 Å². The predicted molar refractivity (Wildman–Crippen MR) is 102 cm³/mol. The highest BCUT2D eigenvalue weighted by Gasteiger charge is 2.34. The van der Waals surface area contributed by atoms with Crippen LogP contribution < -0.4 is 5.32 Å². The molecule has 0 radical (unpaired) electrons. The van der Waals surface area contributed by atoms with E-state index in [1.807, 2.05) is 4.93 Å². The first-order valence-electron chi connectivity index (χ1n) is 7.39. The Hall–Kier alpha value is -2.24. The number of halogens is 4. The molecule has 0 bridgehead atoms. The lowest BCUT2D eigenvalue weighted by Gasteiger charge is -2.13. The van der Waals surface area contributed by atoms with Crippen LogP contribution in [0.25, 0.3) is 11.4 Å². The third kappa shape index (κ3) is 4.90. The van der Waals surface area contributed by atoms with Crippen molar-refractivity contribution in [2.75, 3.05) is 10.2 Å². The highest BCUT2D eigenvalue weighted by atomic mass is 127. The van der Waals surface area contributed by atoms with Crippen molar-refractivity contribution < 1.29 is 13.2 Å². The number of hydrogen-bond acceptors (Lipinski definition) is 5. The van der Waals surface area contributed by atoms with Crippen LogP contribution in [0, 0.1) is 13.8 Å². The zero-order valence-corrected chi connectivity index (χ0v) is 16.3. The number of rotatable bonds is 3. The van der Waals surface area contributed by atoms with Gasteiger partial charge in [-0.3, -0.25) is 5.10 Å². The third-order valence-electron chi connectivity index (χ3n) is 3.16. The van der Waals surface area contributed by atoms with Crippen LogP contribution in [0.2, 0.25) is 0 Å². The highest BCUT2D eigenvalue weighted by molar-refractivity contribution is 14.1. The van der Waals surface area contributed by atoms with Gasteiger partial charge in [0.1, 0.15) is 11.6 Å². The normalized spacial score (nSPS) is 10.9. The molecule has 0 spiro atoms. The Labute approximate surface area is 161 Å². The summed E-state index contributed by atoms with van der Waals surface area (Å²) in [6.45, 7) is 3.41. The lowest BCUT2D eigenvalue weighted by Crippen LogP contribution is -2.09. The Bertz CT molecular complexity index is 878. The highest BCUT2D eigenvalue weighted by Crippen LogP contribution is 2.36. The number of benzene rings is 1. The molecule has 1 aromatic carbocycles. The SMILES string of the molecule is CI.Cc1cc(Nc2n[nH]c(C)n2)nc(-c2ccccc2C(F)(F)F)n1. The van der Waals surface area contributed by atoms with Gasteiger partial charge in [-0.25, -0.2) is 9.97 Å². The molecule has 2 aromatic heterocycles. The average Bonchev–Trinajstić information content (AvgIpc) is 3.00. The van der Waals surface area contributed by atoms with Crippen molar-refractivity contribution in [2.45, 2.75) is 20.0 Å². The van der Waals surface area contributed by atoms with E-state index in [0.29, 0.717) is 17.3 Å². The zero-order valence-electron chi connectivity index (χ0n) is 14.2. The minimum atomic E-state index is -4.49. The number of alkyl halides is 4. The quantitative estimate of drug-likeness (QED) is 0.424. The molecule has 0 aliphatic rings. The van der Waals surface area contributed by atoms with Gasteiger partial charge in [-0.15, -0.1) is 5.10 Å². The van der Waals surface area contributed by atoms with Gasteiger partial charge in [-0.1, -0.05) is 40.8 Å². The Balaban J connectivity index is 0.00000117. The van der Waals surface area contributed by atoms with Gasteiger partial charge < -0.3 is 5.32 Å². The monoisotopic (exact) mass is 476 g/mol. The van der Waals surface area contributed by atoms with E-state index in [-0.39, 0.29) is 17.3 Å². The lowest BCUT2D eigenvalue weighted by atomic mass is 10.1. The van der Waals surface area contributed by atoms with Crippen LogP contribution in [0.5, 0.6) is 0 Å². The van der Waals surface area contributed by atoms with E-state index in [9.17, 15) is 13.2 Å². The van der Waals surface area contributed by atoms with Crippen molar-refractivity contribution in [3.63, 3.8) is 0 Å². The number of aryl methyl sites for hydroxylation is 2. The summed E-state index contributed by atoms with van der Waals surface area (Å²) < 4.78 is 39.6. The lowest BCUT2D eigenvalue weighted by molar-refractivity contribution is -0.137. The number of hydrogen-bond donors (Lipinski definition) is 2. The summed E-state index contributed by atoms with van der Waals surface area (Å²) in [7, 11) is 0. The van der Waals surface area contributed by atoms with E-state index in [1.165, 1.54) is 18.2 Å². The molecule has 3 rings (SSSR count). The van der Waals surface area contributed by atoms with Crippen LogP contribution in [0.4, 0.5) is 24.9 Å². The van der Waals surface area contributed by atoms with Crippen LogP contribution in [0.15, 0.2) is 30.3 Å². The van der Waals surface area contributed by atoms with Crippen LogP contribution in [0.3, 0.4) is 0 Å². The second-order valence-corrected chi connectivity index (χ2v) is 5.13. The minimum absolute atomic E-state index is 0.0160. The summed E-state index contributed by atoms with van der Waals surface area (Å²) in [5.74, 6) is 1.18. The molecule has 6 nitrogen and oxygen atoms in total. The van der Waals surface area contributed by atoms with E-state index in [4.69, 9.17) is 0 Å². The topological polar surface area (TPSA) is 79.4 Å². The smallest absolute Gasteiger partial charge is 0.307 e. The molecular formula is C16H16F3IN6. The van der Waals surface area contributed by atoms with E-state index in [1.54, 1.807) is 19.9 Å². The fraction of sp³-hybridized carbons (Fsp3) is 0.250. The fourth-order valence-corrected chi connectivity index (χ4v) is 2.19. The Morgan fingerprint density at radius 2 is 1.73 bits per heavy atom. The summed E-state index contributed by atoms with van der Waals surface area (Å²) in [6.07, 6.45) is -4.49. The Morgan fingerprint density at radius 3 is 2.35 bits per heavy atom. The second kappa shape index (κ2) is 8.43. The molecule has 2 heterocycles. The molecule has 26 heavy (non-hydrogen) atoms. The van der Waals surface area contributed by atoms with Crippen molar-refractivity contribution >= 4 is 34.4 Å². The van der Waals surface area contributed by atoms with Gasteiger partial charge in [0.15, 0.2) is 5.82 Å². The van der Waals surface area contributed by atoms with Crippen molar-refractivity contribution in [1.82, 2.24) is 25.1 Å². The Kier molecular flexibility index (Phi) is 6.51. The van der Waals surface area contributed by atoms with Gasteiger partial charge in [0, 0.05) is 17.3 Å². The number of aromatic amines is 1. The zero-order chi connectivity index (χ0) is 19.3.